The van der Waals surface area contributed by atoms with Gasteiger partial charge in [-0.05, 0) is 24.1 Å². The number of halogens is 2. The second kappa shape index (κ2) is 5.96. The van der Waals surface area contributed by atoms with E-state index in [0.29, 0.717) is 12.0 Å². The molecule has 0 saturated heterocycles. The number of ether oxygens (including phenoxy) is 2. The second-order valence-electron chi connectivity index (χ2n) is 3.35. The van der Waals surface area contributed by atoms with Crippen molar-refractivity contribution in [2.75, 3.05) is 7.11 Å². The Hall–Kier alpha value is -2.16. The maximum atomic E-state index is 12.3. The fourth-order valence-corrected chi connectivity index (χ4v) is 1.50. The Balaban J connectivity index is 3.35. The molecule has 0 unspecified atom stereocenters. The first-order valence-electron chi connectivity index (χ1n) is 5.13. The van der Waals surface area contributed by atoms with Gasteiger partial charge in [-0.2, -0.15) is 14.0 Å². The molecule has 0 spiro atoms. The number of carbonyl (C=O) groups excluding carboxylic acids is 1. The van der Waals surface area contributed by atoms with Crippen LogP contribution in [0.3, 0.4) is 0 Å². The monoisotopic (exact) mass is 255 g/mol. The van der Waals surface area contributed by atoms with Crippen molar-refractivity contribution in [2.45, 2.75) is 20.0 Å². The Kier molecular flexibility index (Phi) is 4.60. The summed E-state index contributed by atoms with van der Waals surface area (Å²) in [6, 6.07) is 4.28. The maximum absolute atomic E-state index is 12.3. The number of benzene rings is 1. The van der Waals surface area contributed by atoms with Gasteiger partial charge in [0.2, 0.25) is 0 Å². The van der Waals surface area contributed by atoms with Crippen molar-refractivity contribution in [1.82, 2.24) is 0 Å². The van der Waals surface area contributed by atoms with Gasteiger partial charge in [-0.3, -0.25) is 0 Å². The number of rotatable bonds is 4. The van der Waals surface area contributed by atoms with Gasteiger partial charge in [0.1, 0.15) is 11.8 Å². The number of carbonyl (C=O) groups is 1. The van der Waals surface area contributed by atoms with Crippen LogP contribution in [-0.2, 0) is 11.2 Å². The molecule has 0 fully saturated rings. The standard InChI is InChI=1S/C12H11F2NO3/c1-3-7-4-8(11(16)17-2)5-9(6-15)10(7)18-12(13)14/h4-5,12H,3H2,1-2H3. The van der Waals surface area contributed by atoms with Gasteiger partial charge in [-0.15, -0.1) is 0 Å². The Morgan fingerprint density at radius 3 is 2.61 bits per heavy atom. The highest BCUT2D eigenvalue weighted by molar-refractivity contribution is 5.90. The van der Waals surface area contributed by atoms with Crippen LogP contribution < -0.4 is 4.74 Å². The van der Waals surface area contributed by atoms with Crippen molar-refractivity contribution in [1.29, 1.82) is 5.26 Å². The number of hydrogen-bond donors (Lipinski definition) is 0. The molecule has 0 saturated carbocycles. The molecule has 1 aromatic carbocycles. The van der Waals surface area contributed by atoms with Crippen molar-refractivity contribution in [3.63, 3.8) is 0 Å². The molecule has 96 valence electrons. The summed E-state index contributed by atoms with van der Waals surface area (Å²) in [5.74, 6) is -0.826. The van der Waals surface area contributed by atoms with Gasteiger partial charge in [0.25, 0.3) is 0 Å². The molecule has 18 heavy (non-hydrogen) atoms. The fourth-order valence-electron chi connectivity index (χ4n) is 1.50. The number of nitriles is 1. The summed E-state index contributed by atoms with van der Waals surface area (Å²) >= 11 is 0. The smallest absolute Gasteiger partial charge is 0.387 e. The summed E-state index contributed by atoms with van der Waals surface area (Å²) in [4.78, 5) is 11.4. The number of nitrogens with zero attached hydrogens (tertiary/aromatic N) is 1. The molecule has 0 aliphatic rings. The van der Waals surface area contributed by atoms with Crippen LogP contribution in [0.5, 0.6) is 5.75 Å². The quantitative estimate of drug-likeness (QED) is 0.775. The van der Waals surface area contributed by atoms with E-state index in [4.69, 9.17) is 5.26 Å². The molecule has 1 rings (SSSR count). The third kappa shape index (κ3) is 2.94. The molecule has 0 amide bonds. The largest absolute Gasteiger partial charge is 0.465 e. The third-order valence-corrected chi connectivity index (χ3v) is 2.30. The summed E-state index contributed by atoms with van der Waals surface area (Å²) < 4.78 is 33.3. The van der Waals surface area contributed by atoms with E-state index in [0.717, 1.165) is 0 Å². The van der Waals surface area contributed by atoms with Crippen molar-refractivity contribution >= 4 is 5.97 Å². The van der Waals surface area contributed by atoms with Gasteiger partial charge >= 0.3 is 12.6 Å². The molecule has 1 aromatic rings. The van der Waals surface area contributed by atoms with Crippen LogP contribution in [0.1, 0.15) is 28.4 Å². The van der Waals surface area contributed by atoms with Crippen molar-refractivity contribution < 1.29 is 23.0 Å². The lowest BCUT2D eigenvalue weighted by molar-refractivity contribution is -0.0506. The molecular formula is C12H11F2NO3. The van der Waals surface area contributed by atoms with Crippen LogP contribution in [0.15, 0.2) is 12.1 Å². The lowest BCUT2D eigenvalue weighted by Crippen LogP contribution is -2.09. The van der Waals surface area contributed by atoms with Crippen molar-refractivity contribution in [3.05, 3.63) is 28.8 Å². The Morgan fingerprint density at radius 2 is 2.17 bits per heavy atom. The van der Waals surface area contributed by atoms with Crippen LogP contribution in [-0.4, -0.2) is 19.7 Å². The highest BCUT2D eigenvalue weighted by Gasteiger charge is 2.18. The first-order chi connectivity index (χ1) is 8.53. The zero-order chi connectivity index (χ0) is 13.7. The summed E-state index contributed by atoms with van der Waals surface area (Å²) in [5.41, 5.74) is 0.373. The second-order valence-corrected chi connectivity index (χ2v) is 3.35. The van der Waals surface area contributed by atoms with Crippen LogP contribution in [0.4, 0.5) is 8.78 Å². The van der Waals surface area contributed by atoms with Gasteiger partial charge < -0.3 is 9.47 Å². The third-order valence-electron chi connectivity index (χ3n) is 2.30. The highest BCUT2D eigenvalue weighted by Crippen LogP contribution is 2.28. The molecule has 0 N–H and O–H groups in total. The SMILES string of the molecule is CCc1cc(C(=O)OC)cc(C#N)c1OC(F)F. The molecule has 4 nitrogen and oxygen atoms in total. The highest BCUT2D eigenvalue weighted by atomic mass is 19.3. The minimum absolute atomic E-state index is 0.116. The zero-order valence-corrected chi connectivity index (χ0v) is 9.87. The molecular weight excluding hydrogens is 244 g/mol. The fraction of sp³-hybridized carbons (Fsp3) is 0.333. The molecule has 0 atom stereocenters. The van der Waals surface area contributed by atoms with Gasteiger partial charge in [-0.1, -0.05) is 6.92 Å². The van der Waals surface area contributed by atoms with Crippen LogP contribution >= 0.6 is 0 Å². The van der Waals surface area contributed by atoms with E-state index in [1.807, 2.05) is 0 Å². The normalized spacial score (nSPS) is 10.0. The predicted octanol–water partition coefficient (Wildman–Crippen LogP) is 2.51. The number of alkyl halides is 2. The maximum Gasteiger partial charge on any atom is 0.387 e. The minimum Gasteiger partial charge on any atom is -0.465 e. The summed E-state index contributed by atoms with van der Waals surface area (Å²) in [5, 5.41) is 8.90. The minimum atomic E-state index is -3.02. The van der Waals surface area contributed by atoms with E-state index in [1.54, 1.807) is 13.0 Å². The lowest BCUT2D eigenvalue weighted by Gasteiger charge is -2.12. The molecule has 0 radical (unpaired) electrons. The van der Waals surface area contributed by atoms with E-state index < -0.39 is 12.6 Å². The Bertz CT molecular complexity index is 495. The molecule has 0 heterocycles. The van der Waals surface area contributed by atoms with Crippen LogP contribution in [0.25, 0.3) is 0 Å². The number of esters is 1. The van der Waals surface area contributed by atoms with Crippen molar-refractivity contribution in [3.8, 4) is 11.8 Å². The first-order valence-corrected chi connectivity index (χ1v) is 5.13. The Labute approximate surface area is 103 Å². The lowest BCUT2D eigenvalue weighted by atomic mass is 10.0. The zero-order valence-electron chi connectivity index (χ0n) is 9.87. The van der Waals surface area contributed by atoms with Crippen molar-refractivity contribution in [2.24, 2.45) is 0 Å². The molecule has 0 aliphatic carbocycles. The summed E-state index contributed by atoms with van der Waals surface area (Å²) in [7, 11) is 1.20. The molecule has 0 aliphatic heterocycles. The van der Waals surface area contributed by atoms with E-state index in [1.165, 1.54) is 19.2 Å². The van der Waals surface area contributed by atoms with E-state index >= 15 is 0 Å². The van der Waals surface area contributed by atoms with Gasteiger partial charge in [-0.25, -0.2) is 4.79 Å². The van der Waals surface area contributed by atoms with Crippen LogP contribution in [0, 0.1) is 11.3 Å². The van der Waals surface area contributed by atoms with E-state index in [-0.39, 0.29) is 16.9 Å². The number of hydrogen-bond acceptors (Lipinski definition) is 4. The Morgan fingerprint density at radius 1 is 1.50 bits per heavy atom. The first kappa shape index (κ1) is 13.9. The molecule has 6 heteroatoms. The molecule has 0 bridgehead atoms. The predicted molar refractivity (Wildman–Crippen MR) is 58.5 cm³/mol. The number of aryl methyl sites for hydroxylation is 1. The molecule has 0 aromatic heterocycles. The average Bonchev–Trinajstić information content (AvgIpc) is 2.37. The van der Waals surface area contributed by atoms with E-state index in [2.05, 4.69) is 9.47 Å². The van der Waals surface area contributed by atoms with Gasteiger partial charge in [0.15, 0.2) is 0 Å². The van der Waals surface area contributed by atoms with Gasteiger partial charge in [0, 0.05) is 0 Å². The summed E-state index contributed by atoms with van der Waals surface area (Å²) in [6.45, 7) is -1.32. The summed E-state index contributed by atoms with van der Waals surface area (Å²) in [6.07, 6.45) is 0.349. The topological polar surface area (TPSA) is 59.3 Å². The van der Waals surface area contributed by atoms with Crippen LogP contribution in [0.2, 0.25) is 0 Å². The van der Waals surface area contributed by atoms with E-state index in [9.17, 15) is 13.6 Å². The average molecular weight is 255 g/mol. The number of methoxy groups -OCH3 is 1. The van der Waals surface area contributed by atoms with Gasteiger partial charge in [0.05, 0.1) is 18.2 Å².